The number of hydrogen-bond acceptors (Lipinski definition) is 2. The fraction of sp³-hybridized carbons (Fsp3) is 1.00. The lowest BCUT2D eigenvalue weighted by molar-refractivity contribution is -0.0735. The lowest BCUT2D eigenvalue weighted by Crippen LogP contribution is -2.68. The molecule has 0 spiro atoms. The molecule has 4 aliphatic carbocycles. The van der Waals surface area contributed by atoms with Crippen molar-refractivity contribution < 1.29 is 0 Å². The molecular formula is C24H44N2. The summed E-state index contributed by atoms with van der Waals surface area (Å²) >= 11 is 0. The SMILES string of the molecule is C1CCC(NC2(N(C3CCCCC3)C3CCCCC3)CCCCC2)CC1. The average molecular weight is 361 g/mol. The van der Waals surface area contributed by atoms with Crippen LogP contribution in [0.1, 0.15) is 128 Å². The predicted molar refractivity (Wildman–Crippen MR) is 111 cm³/mol. The Morgan fingerprint density at radius 2 is 0.923 bits per heavy atom. The Hall–Kier alpha value is -0.0800. The molecule has 26 heavy (non-hydrogen) atoms. The molecule has 0 aromatic carbocycles. The van der Waals surface area contributed by atoms with Crippen LogP contribution in [-0.2, 0) is 0 Å². The highest BCUT2D eigenvalue weighted by Crippen LogP contribution is 2.42. The van der Waals surface area contributed by atoms with Crippen LogP contribution < -0.4 is 5.32 Å². The first-order chi connectivity index (χ1) is 12.9. The summed E-state index contributed by atoms with van der Waals surface area (Å²) in [6, 6.07) is 2.55. The lowest BCUT2D eigenvalue weighted by Gasteiger charge is -2.56. The average Bonchev–Trinajstić information content (AvgIpc) is 2.71. The standard InChI is InChI=1S/C24H44N2/c1-5-13-21(14-6-1)25-24(19-11-4-12-20-24)26(22-15-7-2-8-16-22)23-17-9-3-10-18-23/h21-23,25H,1-20H2. The van der Waals surface area contributed by atoms with Gasteiger partial charge in [0.05, 0.1) is 5.66 Å². The van der Waals surface area contributed by atoms with Crippen LogP contribution in [0.2, 0.25) is 0 Å². The quantitative estimate of drug-likeness (QED) is 0.560. The highest BCUT2D eigenvalue weighted by Gasteiger charge is 2.45. The van der Waals surface area contributed by atoms with Crippen LogP contribution in [-0.4, -0.2) is 28.7 Å². The molecule has 0 aromatic rings. The summed E-state index contributed by atoms with van der Waals surface area (Å²) in [7, 11) is 0. The molecule has 1 N–H and O–H groups in total. The van der Waals surface area contributed by atoms with E-state index in [9.17, 15) is 0 Å². The van der Waals surface area contributed by atoms with Crippen molar-refractivity contribution in [2.45, 2.75) is 152 Å². The minimum Gasteiger partial charge on any atom is -0.296 e. The van der Waals surface area contributed by atoms with E-state index in [0.717, 1.165) is 18.1 Å². The zero-order chi connectivity index (χ0) is 17.7. The Labute approximate surface area is 162 Å². The van der Waals surface area contributed by atoms with Crippen LogP contribution >= 0.6 is 0 Å². The van der Waals surface area contributed by atoms with Crippen LogP contribution in [0.4, 0.5) is 0 Å². The van der Waals surface area contributed by atoms with Crippen molar-refractivity contribution >= 4 is 0 Å². The molecule has 150 valence electrons. The van der Waals surface area contributed by atoms with E-state index in [0.29, 0.717) is 5.66 Å². The number of nitrogens with one attached hydrogen (secondary N) is 1. The van der Waals surface area contributed by atoms with Crippen LogP contribution in [0.5, 0.6) is 0 Å². The smallest absolute Gasteiger partial charge is 0.0719 e. The van der Waals surface area contributed by atoms with Gasteiger partial charge in [-0.3, -0.25) is 10.2 Å². The minimum absolute atomic E-state index is 0.351. The third-order valence-corrected chi connectivity index (χ3v) is 8.19. The van der Waals surface area contributed by atoms with Gasteiger partial charge < -0.3 is 0 Å². The summed E-state index contributed by atoms with van der Waals surface area (Å²) in [5.74, 6) is 0. The molecule has 4 aliphatic rings. The largest absolute Gasteiger partial charge is 0.296 e. The first-order valence-corrected chi connectivity index (χ1v) is 12.4. The Morgan fingerprint density at radius 3 is 1.42 bits per heavy atom. The topological polar surface area (TPSA) is 15.3 Å². The second-order valence-corrected chi connectivity index (χ2v) is 10.1. The van der Waals surface area contributed by atoms with Gasteiger partial charge in [-0.25, -0.2) is 0 Å². The van der Waals surface area contributed by atoms with Crippen LogP contribution in [0.15, 0.2) is 0 Å². The molecular weight excluding hydrogens is 316 g/mol. The second kappa shape index (κ2) is 9.41. The lowest BCUT2D eigenvalue weighted by atomic mass is 9.79. The van der Waals surface area contributed by atoms with Crippen LogP contribution in [0.25, 0.3) is 0 Å². The van der Waals surface area contributed by atoms with Crippen molar-refractivity contribution in [3.63, 3.8) is 0 Å². The summed E-state index contributed by atoms with van der Waals surface area (Å²) in [5.41, 5.74) is 0.351. The van der Waals surface area contributed by atoms with Crippen molar-refractivity contribution in [1.29, 1.82) is 0 Å². The van der Waals surface area contributed by atoms with E-state index in [-0.39, 0.29) is 0 Å². The van der Waals surface area contributed by atoms with Crippen molar-refractivity contribution in [3.8, 4) is 0 Å². The van der Waals surface area contributed by atoms with Gasteiger partial charge >= 0.3 is 0 Å². The number of nitrogens with zero attached hydrogens (tertiary/aromatic N) is 1. The van der Waals surface area contributed by atoms with Gasteiger partial charge in [0.25, 0.3) is 0 Å². The minimum atomic E-state index is 0.351. The van der Waals surface area contributed by atoms with Gasteiger partial charge in [-0.1, -0.05) is 77.0 Å². The zero-order valence-electron chi connectivity index (χ0n) is 17.3. The van der Waals surface area contributed by atoms with Gasteiger partial charge in [-0.05, 0) is 51.4 Å². The summed E-state index contributed by atoms with van der Waals surface area (Å²) in [6.45, 7) is 0. The molecule has 0 aromatic heterocycles. The molecule has 4 rings (SSSR count). The van der Waals surface area contributed by atoms with Gasteiger partial charge in [0.15, 0.2) is 0 Å². The Bertz CT molecular complexity index is 378. The van der Waals surface area contributed by atoms with Gasteiger partial charge in [0.1, 0.15) is 0 Å². The second-order valence-electron chi connectivity index (χ2n) is 10.1. The summed E-state index contributed by atoms with van der Waals surface area (Å²) in [4.78, 5) is 3.17. The fourth-order valence-corrected chi connectivity index (χ4v) is 6.96. The van der Waals surface area contributed by atoms with Crippen molar-refractivity contribution in [2.24, 2.45) is 0 Å². The number of hydrogen-bond donors (Lipinski definition) is 1. The maximum atomic E-state index is 4.39. The fourth-order valence-electron chi connectivity index (χ4n) is 6.96. The summed E-state index contributed by atoms with van der Waals surface area (Å²) in [6.07, 6.45) is 29.3. The van der Waals surface area contributed by atoms with Crippen molar-refractivity contribution in [1.82, 2.24) is 10.2 Å². The molecule has 0 aliphatic heterocycles. The van der Waals surface area contributed by atoms with Crippen LogP contribution in [0.3, 0.4) is 0 Å². The van der Waals surface area contributed by atoms with E-state index in [1.807, 2.05) is 0 Å². The normalized spacial score (nSPS) is 29.9. The Balaban J connectivity index is 1.58. The van der Waals surface area contributed by atoms with Crippen molar-refractivity contribution in [2.75, 3.05) is 0 Å². The first kappa shape index (κ1) is 19.2. The van der Waals surface area contributed by atoms with E-state index >= 15 is 0 Å². The highest BCUT2D eigenvalue weighted by molar-refractivity contribution is 5.00. The molecule has 4 saturated carbocycles. The number of rotatable bonds is 5. The molecule has 0 atom stereocenters. The van der Waals surface area contributed by atoms with Gasteiger partial charge in [0, 0.05) is 18.1 Å². The molecule has 0 radical (unpaired) electrons. The summed E-state index contributed by atoms with van der Waals surface area (Å²) in [5, 5.41) is 4.39. The molecule has 0 bridgehead atoms. The highest BCUT2D eigenvalue weighted by atomic mass is 15.4. The van der Waals surface area contributed by atoms with Gasteiger partial charge in [-0.15, -0.1) is 0 Å². The Kier molecular flexibility index (Phi) is 6.97. The molecule has 0 unspecified atom stereocenters. The maximum absolute atomic E-state index is 4.39. The summed E-state index contributed by atoms with van der Waals surface area (Å²) < 4.78 is 0. The van der Waals surface area contributed by atoms with E-state index in [2.05, 4.69) is 10.2 Å². The third kappa shape index (κ3) is 4.49. The Morgan fingerprint density at radius 1 is 0.500 bits per heavy atom. The zero-order valence-corrected chi connectivity index (χ0v) is 17.3. The monoisotopic (exact) mass is 360 g/mol. The maximum Gasteiger partial charge on any atom is 0.0719 e. The first-order valence-electron chi connectivity index (χ1n) is 12.4. The van der Waals surface area contributed by atoms with E-state index < -0.39 is 0 Å². The van der Waals surface area contributed by atoms with E-state index in [1.54, 1.807) is 0 Å². The molecule has 0 amide bonds. The molecule has 0 saturated heterocycles. The molecule has 4 fully saturated rings. The van der Waals surface area contributed by atoms with E-state index in [4.69, 9.17) is 0 Å². The van der Waals surface area contributed by atoms with Crippen molar-refractivity contribution in [3.05, 3.63) is 0 Å². The van der Waals surface area contributed by atoms with Gasteiger partial charge in [0.2, 0.25) is 0 Å². The van der Waals surface area contributed by atoms with E-state index in [1.165, 1.54) is 128 Å². The molecule has 2 heteroatoms. The van der Waals surface area contributed by atoms with Crippen LogP contribution in [0, 0.1) is 0 Å². The molecule has 2 nitrogen and oxygen atoms in total. The van der Waals surface area contributed by atoms with Gasteiger partial charge in [-0.2, -0.15) is 0 Å². The molecule has 0 heterocycles. The predicted octanol–water partition coefficient (Wildman–Crippen LogP) is 6.54. The third-order valence-electron chi connectivity index (χ3n) is 8.19.